The summed E-state index contributed by atoms with van der Waals surface area (Å²) in [5.74, 6) is 3.70. The Kier molecular flexibility index (Phi) is 7.13. The molecule has 0 unspecified atom stereocenters. The lowest BCUT2D eigenvalue weighted by atomic mass is 9.61. The van der Waals surface area contributed by atoms with E-state index in [1.807, 2.05) is 0 Å². The van der Waals surface area contributed by atoms with Crippen LogP contribution in [0.2, 0.25) is 0 Å². The van der Waals surface area contributed by atoms with Crippen LogP contribution in [0.4, 0.5) is 0 Å². The van der Waals surface area contributed by atoms with E-state index in [0.29, 0.717) is 17.3 Å². The highest BCUT2D eigenvalue weighted by atomic mass is 14.5. The summed E-state index contributed by atoms with van der Waals surface area (Å²) >= 11 is 0. The van der Waals surface area contributed by atoms with Crippen molar-refractivity contribution in [3.8, 4) is 0 Å². The monoisotopic (exact) mass is 392 g/mol. The first-order valence-corrected chi connectivity index (χ1v) is 12.1. The van der Waals surface area contributed by atoms with Gasteiger partial charge in [0.25, 0.3) is 0 Å². The van der Waals surface area contributed by atoms with E-state index in [2.05, 4.69) is 78.5 Å². The molecule has 0 saturated heterocycles. The number of allylic oxidation sites excluding steroid dienone is 9. The quantitative estimate of drug-likeness (QED) is 0.419. The topological polar surface area (TPSA) is 0 Å². The lowest BCUT2D eigenvalue weighted by Crippen LogP contribution is -2.35. The van der Waals surface area contributed by atoms with Crippen molar-refractivity contribution >= 4 is 0 Å². The molecule has 0 heterocycles. The average molecular weight is 393 g/mol. The van der Waals surface area contributed by atoms with E-state index in [1.54, 1.807) is 5.57 Å². The van der Waals surface area contributed by atoms with Crippen LogP contribution in [0.1, 0.15) is 86.5 Å². The van der Waals surface area contributed by atoms with Crippen LogP contribution in [0.15, 0.2) is 59.3 Å². The van der Waals surface area contributed by atoms with Crippen LogP contribution in [0.5, 0.6) is 0 Å². The predicted molar refractivity (Wildman–Crippen MR) is 129 cm³/mol. The van der Waals surface area contributed by atoms with Crippen molar-refractivity contribution in [3.05, 3.63) is 59.3 Å². The summed E-state index contributed by atoms with van der Waals surface area (Å²) in [6.45, 7) is 18.6. The molecular weight excluding hydrogens is 348 g/mol. The summed E-state index contributed by atoms with van der Waals surface area (Å²) < 4.78 is 0. The van der Waals surface area contributed by atoms with Crippen LogP contribution in [0, 0.1) is 35.0 Å². The van der Waals surface area contributed by atoms with Gasteiger partial charge in [-0.2, -0.15) is 0 Å². The Morgan fingerprint density at radius 2 is 1.93 bits per heavy atom. The first-order valence-electron chi connectivity index (χ1n) is 12.1. The molecule has 0 N–H and O–H groups in total. The van der Waals surface area contributed by atoms with Crippen molar-refractivity contribution < 1.29 is 0 Å². The first-order chi connectivity index (χ1) is 13.7. The molecular formula is C29H44. The van der Waals surface area contributed by atoms with Gasteiger partial charge < -0.3 is 0 Å². The predicted octanol–water partition coefficient (Wildman–Crippen LogP) is 8.84. The van der Waals surface area contributed by atoms with Crippen LogP contribution < -0.4 is 0 Å². The second-order valence-corrected chi connectivity index (χ2v) is 11.0. The molecule has 0 aromatic rings. The van der Waals surface area contributed by atoms with Gasteiger partial charge in [0.2, 0.25) is 0 Å². The van der Waals surface area contributed by atoms with Gasteiger partial charge in [-0.3, -0.25) is 0 Å². The zero-order valence-corrected chi connectivity index (χ0v) is 19.9. The summed E-state index contributed by atoms with van der Waals surface area (Å²) in [6.07, 6.45) is 21.3. The molecule has 0 aliphatic heterocycles. The lowest BCUT2D eigenvalue weighted by Gasteiger charge is -2.44. The standard InChI is InChI=1S/C29H44/c1-20(2)10-8-11-22(4)27-15-16-28-25(12-9-17-29(27,28)7)13-14-26-19-21(3)18-23(5)24(26)6/h8,10-11,13-14,21-23,27-28H,6,9,12,15-19H2,1-5,7H3/b11-8+,25-13+,26-14-/t21-,22+,23-,27+,28-,29+/m0/s1. The molecule has 0 spiro atoms. The lowest BCUT2D eigenvalue weighted by molar-refractivity contribution is 0.112. The van der Waals surface area contributed by atoms with Crippen LogP contribution in [0.3, 0.4) is 0 Å². The Morgan fingerprint density at radius 3 is 2.66 bits per heavy atom. The summed E-state index contributed by atoms with van der Waals surface area (Å²) in [7, 11) is 0. The van der Waals surface area contributed by atoms with E-state index < -0.39 is 0 Å². The van der Waals surface area contributed by atoms with Gasteiger partial charge in [0, 0.05) is 0 Å². The number of hydrogen-bond acceptors (Lipinski definition) is 0. The Bertz CT molecular complexity index is 723. The minimum Gasteiger partial charge on any atom is -0.0953 e. The average Bonchev–Trinajstić information content (AvgIpc) is 3.00. The smallest absolute Gasteiger partial charge is 0.0143 e. The maximum atomic E-state index is 4.42. The highest BCUT2D eigenvalue weighted by Gasteiger charge is 2.50. The van der Waals surface area contributed by atoms with Crippen molar-refractivity contribution in [2.45, 2.75) is 86.5 Å². The Hall–Kier alpha value is -1.30. The molecule has 29 heavy (non-hydrogen) atoms. The molecule has 3 rings (SSSR count). The normalized spacial score (nSPS) is 39.2. The third-order valence-corrected chi connectivity index (χ3v) is 8.35. The highest BCUT2D eigenvalue weighted by molar-refractivity contribution is 5.37. The maximum absolute atomic E-state index is 4.42. The maximum Gasteiger partial charge on any atom is -0.0143 e. The second-order valence-electron chi connectivity index (χ2n) is 11.0. The number of hydrogen-bond donors (Lipinski definition) is 0. The molecule has 3 aliphatic carbocycles. The van der Waals surface area contributed by atoms with Crippen LogP contribution >= 0.6 is 0 Å². The number of rotatable bonds is 4. The van der Waals surface area contributed by atoms with Gasteiger partial charge in [0.15, 0.2) is 0 Å². The molecule has 3 fully saturated rings. The highest BCUT2D eigenvalue weighted by Crippen LogP contribution is 2.59. The number of fused-ring (bicyclic) bond motifs is 1. The van der Waals surface area contributed by atoms with Gasteiger partial charge in [0.1, 0.15) is 0 Å². The SMILES string of the molecule is C=C1/C(=C\C=C2/CCC[C@]3(C)[C@@H]([C@H](C)/C=C/C=C(C)C)CC[C@@H]23)C[C@@H](C)C[C@@H]1C. The summed E-state index contributed by atoms with van der Waals surface area (Å²) in [5, 5.41) is 0. The molecule has 0 amide bonds. The molecule has 0 bridgehead atoms. The van der Waals surface area contributed by atoms with E-state index in [4.69, 9.17) is 0 Å². The van der Waals surface area contributed by atoms with Crippen molar-refractivity contribution in [1.29, 1.82) is 0 Å². The zero-order chi connectivity index (χ0) is 21.2. The van der Waals surface area contributed by atoms with Crippen LogP contribution in [-0.4, -0.2) is 0 Å². The summed E-state index contributed by atoms with van der Waals surface area (Å²) in [4.78, 5) is 0. The zero-order valence-electron chi connectivity index (χ0n) is 19.9. The molecule has 6 atom stereocenters. The van der Waals surface area contributed by atoms with E-state index in [9.17, 15) is 0 Å². The fourth-order valence-corrected chi connectivity index (χ4v) is 6.74. The van der Waals surface area contributed by atoms with Gasteiger partial charge >= 0.3 is 0 Å². The Balaban J connectivity index is 1.78. The molecule has 0 heteroatoms. The van der Waals surface area contributed by atoms with Crippen molar-refractivity contribution in [1.82, 2.24) is 0 Å². The van der Waals surface area contributed by atoms with Gasteiger partial charge in [-0.1, -0.05) is 75.8 Å². The summed E-state index contributed by atoms with van der Waals surface area (Å²) in [6, 6.07) is 0. The van der Waals surface area contributed by atoms with Gasteiger partial charge in [-0.25, -0.2) is 0 Å². The van der Waals surface area contributed by atoms with Crippen LogP contribution in [0.25, 0.3) is 0 Å². The molecule has 0 aromatic carbocycles. The first kappa shape index (κ1) is 22.4. The summed E-state index contributed by atoms with van der Waals surface area (Å²) in [5.41, 5.74) is 6.49. The van der Waals surface area contributed by atoms with Crippen molar-refractivity contribution in [3.63, 3.8) is 0 Å². The fourth-order valence-electron chi connectivity index (χ4n) is 6.74. The van der Waals surface area contributed by atoms with Crippen LogP contribution in [-0.2, 0) is 0 Å². The molecule has 160 valence electrons. The molecule has 0 aromatic heterocycles. The molecule has 0 nitrogen and oxygen atoms in total. The third kappa shape index (κ3) is 4.89. The van der Waals surface area contributed by atoms with Gasteiger partial charge in [0.05, 0.1) is 0 Å². The minimum absolute atomic E-state index is 0.474. The molecule has 3 aliphatic rings. The van der Waals surface area contributed by atoms with E-state index in [1.165, 1.54) is 61.7 Å². The van der Waals surface area contributed by atoms with E-state index in [0.717, 1.165) is 17.8 Å². The van der Waals surface area contributed by atoms with E-state index in [-0.39, 0.29) is 0 Å². The van der Waals surface area contributed by atoms with Crippen molar-refractivity contribution in [2.24, 2.45) is 35.0 Å². The third-order valence-electron chi connectivity index (χ3n) is 8.35. The van der Waals surface area contributed by atoms with Gasteiger partial charge in [-0.05, 0) is 105 Å². The Labute approximate surface area is 180 Å². The largest absolute Gasteiger partial charge is 0.0953 e. The minimum atomic E-state index is 0.474. The molecule has 3 saturated carbocycles. The van der Waals surface area contributed by atoms with Crippen molar-refractivity contribution in [2.75, 3.05) is 0 Å². The fraction of sp³-hybridized carbons (Fsp3) is 0.655. The van der Waals surface area contributed by atoms with E-state index >= 15 is 0 Å². The van der Waals surface area contributed by atoms with Gasteiger partial charge in [-0.15, -0.1) is 0 Å². The second kappa shape index (κ2) is 9.23. The molecule has 0 radical (unpaired) electrons. The Morgan fingerprint density at radius 1 is 1.17 bits per heavy atom.